The quantitative estimate of drug-likeness (QED) is 0.349. The summed E-state index contributed by atoms with van der Waals surface area (Å²) >= 11 is 0. The fraction of sp³-hybridized carbons (Fsp3) is 0.391. The predicted octanol–water partition coefficient (Wildman–Crippen LogP) is 6.75. The van der Waals surface area contributed by atoms with Crippen LogP contribution in [0.2, 0.25) is 0 Å². The van der Waals surface area contributed by atoms with E-state index in [1.165, 1.54) is 12.1 Å². The average Bonchev–Trinajstić information content (AvgIpc) is 2.73. The van der Waals surface area contributed by atoms with E-state index >= 15 is 0 Å². The van der Waals surface area contributed by atoms with Crippen LogP contribution in [0.25, 0.3) is 0 Å². The molecule has 0 spiro atoms. The van der Waals surface area contributed by atoms with Crippen molar-refractivity contribution >= 4 is 0 Å². The van der Waals surface area contributed by atoms with Gasteiger partial charge >= 0.3 is 12.4 Å². The molecule has 9 heteroatoms. The summed E-state index contributed by atoms with van der Waals surface area (Å²) in [5.41, 5.74) is -2.15. The minimum atomic E-state index is -4.91. The van der Waals surface area contributed by atoms with Crippen molar-refractivity contribution < 1.29 is 40.2 Å². The van der Waals surface area contributed by atoms with Crippen LogP contribution in [0.4, 0.5) is 30.7 Å². The molecule has 1 fully saturated rings. The third-order valence-electron chi connectivity index (χ3n) is 5.37. The van der Waals surface area contributed by atoms with Crippen molar-refractivity contribution in [1.82, 2.24) is 0 Å². The molecule has 174 valence electrons. The van der Waals surface area contributed by atoms with Crippen LogP contribution in [0.3, 0.4) is 0 Å². The molecule has 1 heterocycles. The van der Waals surface area contributed by atoms with Crippen molar-refractivity contribution in [3.8, 4) is 0 Å². The van der Waals surface area contributed by atoms with Gasteiger partial charge in [-0.15, -0.1) is 6.58 Å². The molecular weight excluding hydrogens is 441 g/mol. The van der Waals surface area contributed by atoms with E-state index in [-0.39, 0.29) is 36.5 Å². The van der Waals surface area contributed by atoms with Crippen LogP contribution in [-0.4, -0.2) is 19.5 Å². The Hall–Kier alpha value is -2.39. The van der Waals surface area contributed by atoms with E-state index in [4.69, 9.17) is 9.47 Å². The molecule has 3 rings (SSSR count). The topological polar surface area (TPSA) is 18.5 Å². The number of halogens is 7. The van der Waals surface area contributed by atoms with Crippen LogP contribution in [0.1, 0.15) is 34.6 Å². The molecule has 0 aromatic heterocycles. The maximum absolute atomic E-state index is 13.3. The van der Waals surface area contributed by atoms with Gasteiger partial charge in [-0.25, -0.2) is 4.39 Å². The first-order chi connectivity index (χ1) is 15.0. The van der Waals surface area contributed by atoms with Gasteiger partial charge in [0.15, 0.2) is 6.29 Å². The molecule has 32 heavy (non-hydrogen) atoms. The molecule has 1 aliphatic rings. The molecule has 1 aliphatic heterocycles. The van der Waals surface area contributed by atoms with Crippen molar-refractivity contribution in [2.75, 3.05) is 13.2 Å². The Bertz CT molecular complexity index is 887. The number of benzene rings is 2. The van der Waals surface area contributed by atoms with E-state index in [0.29, 0.717) is 25.2 Å². The number of hydrogen-bond donors (Lipinski definition) is 0. The SMILES string of the molecule is C=C[C@H]1CCO[C@H](OCCc2cc(C(F)(F)F)cc(C(F)(F)F)c2)[C@@H]1c1ccc(F)cc1. The van der Waals surface area contributed by atoms with E-state index in [1.54, 1.807) is 18.2 Å². The van der Waals surface area contributed by atoms with Crippen molar-refractivity contribution in [2.45, 2.75) is 37.4 Å². The minimum absolute atomic E-state index is 0.0513. The Morgan fingerprint density at radius 3 is 2.09 bits per heavy atom. The molecule has 0 saturated carbocycles. The Kier molecular flexibility index (Phi) is 7.29. The third-order valence-corrected chi connectivity index (χ3v) is 5.37. The summed E-state index contributed by atoms with van der Waals surface area (Å²) in [5, 5.41) is 0. The molecule has 2 nitrogen and oxygen atoms in total. The molecule has 0 bridgehead atoms. The maximum atomic E-state index is 13.3. The predicted molar refractivity (Wildman–Crippen MR) is 103 cm³/mol. The summed E-state index contributed by atoms with van der Waals surface area (Å²) in [6.07, 6.45) is -8.42. The molecule has 1 saturated heterocycles. The Labute approximate surface area is 180 Å². The van der Waals surface area contributed by atoms with Crippen molar-refractivity contribution in [3.05, 3.63) is 83.2 Å². The standard InChI is InChI=1S/C23H21F7O2/c1-2-15-8-10-32-21(20(15)16-3-5-19(24)6-4-16)31-9-7-14-11-17(22(25,26)27)13-18(12-14)23(28,29)30/h2-6,11-13,15,20-21H,1,7-10H2/t15-,20-,21-/m0/s1. The molecule has 3 atom stereocenters. The molecule has 0 radical (unpaired) electrons. The van der Waals surface area contributed by atoms with Crippen molar-refractivity contribution in [2.24, 2.45) is 5.92 Å². The van der Waals surface area contributed by atoms with Crippen LogP contribution in [0.15, 0.2) is 55.1 Å². The molecule has 0 amide bonds. The van der Waals surface area contributed by atoms with Gasteiger partial charge < -0.3 is 9.47 Å². The van der Waals surface area contributed by atoms with Gasteiger partial charge in [-0.05, 0) is 60.2 Å². The Balaban J connectivity index is 1.76. The lowest BCUT2D eigenvalue weighted by Gasteiger charge is -2.37. The van der Waals surface area contributed by atoms with E-state index in [2.05, 4.69) is 6.58 Å². The normalized spacial score (nSPS) is 22.0. The molecule has 0 unspecified atom stereocenters. The van der Waals surface area contributed by atoms with Gasteiger partial charge in [-0.1, -0.05) is 18.2 Å². The van der Waals surface area contributed by atoms with Gasteiger partial charge in [-0.2, -0.15) is 26.3 Å². The van der Waals surface area contributed by atoms with E-state index < -0.39 is 35.6 Å². The maximum Gasteiger partial charge on any atom is 0.416 e. The second kappa shape index (κ2) is 9.62. The number of alkyl halides is 6. The highest BCUT2D eigenvalue weighted by atomic mass is 19.4. The fourth-order valence-electron chi connectivity index (χ4n) is 3.77. The third kappa shape index (κ3) is 5.89. The first kappa shape index (κ1) is 24.3. The van der Waals surface area contributed by atoms with E-state index in [9.17, 15) is 30.7 Å². The second-order valence-electron chi connectivity index (χ2n) is 7.54. The van der Waals surface area contributed by atoms with Crippen LogP contribution >= 0.6 is 0 Å². The summed E-state index contributed by atoms with van der Waals surface area (Å²) in [4.78, 5) is 0. The Morgan fingerprint density at radius 1 is 0.969 bits per heavy atom. The van der Waals surface area contributed by atoms with Gasteiger partial charge in [0.25, 0.3) is 0 Å². The van der Waals surface area contributed by atoms with Gasteiger partial charge in [0.2, 0.25) is 0 Å². The largest absolute Gasteiger partial charge is 0.416 e. The van der Waals surface area contributed by atoms with Crippen LogP contribution in [0, 0.1) is 11.7 Å². The zero-order chi connectivity index (χ0) is 23.5. The summed E-state index contributed by atoms with van der Waals surface area (Å²) in [6.45, 7) is 3.99. The molecule has 0 N–H and O–H groups in total. The van der Waals surface area contributed by atoms with Crippen molar-refractivity contribution in [3.63, 3.8) is 0 Å². The van der Waals surface area contributed by atoms with Gasteiger partial charge in [-0.3, -0.25) is 0 Å². The molecule has 2 aromatic carbocycles. The highest BCUT2D eigenvalue weighted by molar-refractivity contribution is 5.33. The van der Waals surface area contributed by atoms with Gasteiger partial charge in [0.05, 0.1) is 24.3 Å². The van der Waals surface area contributed by atoms with E-state index in [0.717, 1.165) is 5.56 Å². The monoisotopic (exact) mass is 462 g/mol. The number of rotatable bonds is 6. The van der Waals surface area contributed by atoms with Gasteiger partial charge in [0, 0.05) is 5.92 Å². The highest BCUT2D eigenvalue weighted by Gasteiger charge is 2.37. The van der Waals surface area contributed by atoms with Crippen molar-refractivity contribution in [1.29, 1.82) is 0 Å². The minimum Gasteiger partial charge on any atom is -0.352 e. The lowest BCUT2D eigenvalue weighted by Crippen LogP contribution is -2.36. The molecule has 0 aliphatic carbocycles. The van der Waals surface area contributed by atoms with E-state index in [1.807, 2.05) is 0 Å². The smallest absolute Gasteiger partial charge is 0.352 e. The number of hydrogen-bond acceptors (Lipinski definition) is 2. The highest BCUT2D eigenvalue weighted by Crippen LogP contribution is 2.38. The molecule has 2 aromatic rings. The average molecular weight is 462 g/mol. The molecular formula is C23H21F7O2. The number of ether oxygens (including phenoxy) is 2. The lowest BCUT2D eigenvalue weighted by molar-refractivity contribution is -0.182. The summed E-state index contributed by atoms with van der Waals surface area (Å²) in [7, 11) is 0. The zero-order valence-electron chi connectivity index (χ0n) is 16.8. The van der Waals surface area contributed by atoms with Crippen LogP contribution in [-0.2, 0) is 28.2 Å². The van der Waals surface area contributed by atoms with Crippen LogP contribution < -0.4 is 0 Å². The second-order valence-corrected chi connectivity index (χ2v) is 7.54. The zero-order valence-corrected chi connectivity index (χ0v) is 16.8. The summed E-state index contributed by atoms with van der Waals surface area (Å²) < 4.78 is 103. The van der Waals surface area contributed by atoms with Gasteiger partial charge in [0.1, 0.15) is 5.82 Å². The lowest BCUT2D eigenvalue weighted by atomic mass is 9.82. The fourth-order valence-corrected chi connectivity index (χ4v) is 3.77. The number of allylic oxidation sites excluding steroid dienone is 1. The first-order valence-corrected chi connectivity index (χ1v) is 9.88. The summed E-state index contributed by atoms with van der Waals surface area (Å²) in [6, 6.07) is 7.22. The summed E-state index contributed by atoms with van der Waals surface area (Å²) in [5.74, 6) is -0.804. The first-order valence-electron chi connectivity index (χ1n) is 9.88. The Morgan fingerprint density at radius 2 is 1.56 bits per heavy atom. The van der Waals surface area contributed by atoms with Crippen LogP contribution in [0.5, 0.6) is 0 Å².